The summed E-state index contributed by atoms with van der Waals surface area (Å²) in [4.78, 5) is 22.1. The van der Waals surface area contributed by atoms with Crippen molar-refractivity contribution in [3.05, 3.63) is 42.2 Å². The van der Waals surface area contributed by atoms with Gasteiger partial charge in [0.2, 0.25) is 0 Å². The highest BCUT2D eigenvalue weighted by Gasteiger charge is 2.33. The Balaban J connectivity index is 1.16. The number of esters is 1. The van der Waals surface area contributed by atoms with Gasteiger partial charge in [-0.25, -0.2) is 9.97 Å². The summed E-state index contributed by atoms with van der Waals surface area (Å²) in [5, 5.41) is 0. The fourth-order valence-corrected chi connectivity index (χ4v) is 6.97. The summed E-state index contributed by atoms with van der Waals surface area (Å²) in [6.07, 6.45) is 26.9. The Morgan fingerprint density at radius 1 is 0.744 bits per heavy atom. The molecule has 0 saturated heterocycles. The maximum absolute atomic E-state index is 12.9. The van der Waals surface area contributed by atoms with Crippen molar-refractivity contribution in [3.8, 4) is 17.1 Å². The molecule has 39 heavy (non-hydrogen) atoms. The van der Waals surface area contributed by atoms with Gasteiger partial charge in [0.15, 0.2) is 5.82 Å². The first-order valence-electron chi connectivity index (χ1n) is 16.3. The van der Waals surface area contributed by atoms with Gasteiger partial charge in [-0.3, -0.25) is 4.79 Å². The van der Waals surface area contributed by atoms with Gasteiger partial charge >= 0.3 is 5.97 Å². The number of ether oxygens (including phenoxy) is 1. The summed E-state index contributed by atoms with van der Waals surface area (Å²) >= 11 is 0. The highest BCUT2D eigenvalue weighted by molar-refractivity contribution is 5.75. The van der Waals surface area contributed by atoms with Gasteiger partial charge in [0.25, 0.3) is 0 Å². The van der Waals surface area contributed by atoms with Crippen LogP contribution in [-0.4, -0.2) is 15.9 Å². The lowest BCUT2D eigenvalue weighted by Crippen LogP contribution is -2.30. The highest BCUT2D eigenvalue weighted by Crippen LogP contribution is 2.42. The third-order valence-electron chi connectivity index (χ3n) is 9.47. The van der Waals surface area contributed by atoms with Gasteiger partial charge in [0.1, 0.15) is 5.75 Å². The third-order valence-corrected chi connectivity index (χ3v) is 9.47. The fraction of sp³-hybridized carbons (Fsp3) is 0.686. The normalized spacial score (nSPS) is 23.4. The quantitative estimate of drug-likeness (QED) is 0.138. The molecule has 0 radical (unpaired) electrons. The molecule has 0 spiro atoms. The Morgan fingerprint density at radius 2 is 1.33 bits per heavy atom. The second-order valence-electron chi connectivity index (χ2n) is 12.4. The summed E-state index contributed by atoms with van der Waals surface area (Å²) < 4.78 is 5.79. The number of unbranched alkanes of at least 4 members (excludes halogenated alkanes) is 6. The van der Waals surface area contributed by atoms with Crippen molar-refractivity contribution in [2.45, 2.75) is 129 Å². The summed E-state index contributed by atoms with van der Waals surface area (Å²) in [6.45, 7) is 4.57. The number of aryl methyl sites for hydroxylation is 1. The van der Waals surface area contributed by atoms with Crippen LogP contribution >= 0.6 is 0 Å². The van der Waals surface area contributed by atoms with E-state index in [1.165, 1.54) is 102 Å². The molecule has 0 aliphatic heterocycles. The number of rotatable bonds is 14. The minimum Gasteiger partial charge on any atom is -0.426 e. The number of benzene rings is 1. The molecule has 2 aromatic rings. The molecule has 1 aromatic carbocycles. The first kappa shape index (κ1) is 29.7. The lowest BCUT2D eigenvalue weighted by atomic mass is 9.69. The molecule has 0 atom stereocenters. The minimum absolute atomic E-state index is 0.0459. The lowest BCUT2D eigenvalue weighted by molar-refractivity contribution is -0.140. The zero-order chi connectivity index (χ0) is 27.3. The van der Waals surface area contributed by atoms with E-state index in [1.807, 2.05) is 36.7 Å². The van der Waals surface area contributed by atoms with E-state index < -0.39 is 0 Å². The van der Waals surface area contributed by atoms with Gasteiger partial charge < -0.3 is 4.74 Å². The Kier molecular flexibility index (Phi) is 12.3. The number of hydrogen-bond acceptors (Lipinski definition) is 4. The number of aromatic nitrogens is 2. The van der Waals surface area contributed by atoms with Crippen LogP contribution in [-0.2, 0) is 11.2 Å². The fourth-order valence-electron chi connectivity index (χ4n) is 6.97. The van der Waals surface area contributed by atoms with Crippen molar-refractivity contribution in [1.82, 2.24) is 9.97 Å². The largest absolute Gasteiger partial charge is 0.426 e. The lowest BCUT2D eigenvalue weighted by Gasteiger charge is -2.37. The van der Waals surface area contributed by atoms with E-state index >= 15 is 0 Å². The Hall–Kier alpha value is -2.23. The standard InChI is InChI=1S/C35H52N2O2/c1-3-5-6-7-8-9-10-12-28-25-36-34(37-26-28)31-21-23-33(24-22-31)39-35(38)32-19-17-30(18-20-32)29-15-13-27(11-4-2)14-16-29/h21-27,29-30,32H,3-20H2,1-2H3/t27-,29-,30-,32-. The smallest absolute Gasteiger partial charge is 0.314 e. The zero-order valence-electron chi connectivity index (χ0n) is 24.7. The van der Waals surface area contributed by atoms with Crippen molar-refractivity contribution in [2.75, 3.05) is 0 Å². The van der Waals surface area contributed by atoms with Gasteiger partial charge in [-0.2, -0.15) is 0 Å². The molecule has 4 rings (SSSR count). The average molecular weight is 533 g/mol. The molecular formula is C35H52N2O2. The monoisotopic (exact) mass is 532 g/mol. The van der Waals surface area contributed by atoms with E-state index in [-0.39, 0.29) is 11.9 Å². The zero-order valence-corrected chi connectivity index (χ0v) is 24.7. The van der Waals surface area contributed by atoms with Gasteiger partial charge in [-0.05, 0) is 98.9 Å². The van der Waals surface area contributed by atoms with E-state index in [9.17, 15) is 4.79 Å². The molecule has 4 heteroatoms. The van der Waals surface area contributed by atoms with Gasteiger partial charge in [-0.15, -0.1) is 0 Å². The highest BCUT2D eigenvalue weighted by atomic mass is 16.5. The van der Waals surface area contributed by atoms with Crippen molar-refractivity contribution < 1.29 is 9.53 Å². The molecule has 0 amide bonds. The molecule has 1 heterocycles. The predicted molar refractivity (Wildman–Crippen MR) is 161 cm³/mol. The first-order valence-corrected chi connectivity index (χ1v) is 16.3. The number of hydrogen-bond donors (Lipinski definition) is 0. The third kappa shape index (κ3) is 9.43. The number of carbonyl (C=O) groups excluding carboxylic acids is 1. The predicted octanol–water partition coefficient (Wildman–Crippen LogP) is 9.75. The maximum atomic E-state index is 12.9. The van der Waals surface area contributed by atoms with E-state index in [4.69, 9.17) is 4.74 Å². The van der Waals surface area contributed by atoms with Crippen LogP contribution in [0.15, 0.2) is 36.7 Å². The molecule has 214 valence electrons. The molecule has 2 aliphatic rings. The molecular weight excluding hydrogens is 480 g/mol. The molecule has 0 unspecified atom stereocenters. The van der Waals surface area contributed by atoms with Crippen LogP contribution in [0.4, 0.5) is 0 Å². The van der Waals surface area contributed by atoms with Crippen LogP contribution in [0.3, 0.4) is 0 Å². The number of nitrogens with zero attached hydrogens (tertiary/aromatic N) is 2. The van der Waals surface area contributed by atoms with E-state index in [2.05, 4.69) is 23.8 Å². The summed E-state index contributed by atoms with van der Waals surface area (Å²) in [5.74, 6) is 4.00. The SMILES string of the molecule is CCCCCCCCCc1cnc(-c2ccc(OC(=O)[C@H]3CC[C@H]([C@H]4CC[C@H](CCC)CC4)CC3)cc2)nc1. The van der Waals surface area contributed by atoms with Gasteiger partial charge in [0, 0.05) is 18.0 Å². The number of carbonyl (C=O) groups is 1. The van der Waals surface area contributed by atoms with Crippen LogP contribution in [0.25, 0.3) is 11.4 Å². The Morgan fingerprint density at radius 3 is 1.95 bits per heavy atom. The van der Waals surface area contributed by atoms with Crippen molar-refractivity contribution in [2.24, 2.45) is 23.7 Å². The van der Waals surface area contributed by atoms with E-state index in [0.29, 0.717) is 5.75 Å². The van der Waals surface area contributed by atoms with Gasteiger partial charge in [0.05, 0.1) is 5.92 Å². The second kappa shape index (κ2) is 16.1. The second-order valence-corrected chi connectivity index (χ2v) is 12.4. The van der Waals surface area contributed by atoms with Crippen LogP contribution in [0.1, 0.15) is 129 Å². The van der Waals surface area contributed by atoms with Crippen LogP contribution in [0.5, 0.6) is 5.75 Å². The molecule has 1 aromatic heterocycles. The summed E-state index contributed by atoms with van der Waals surface area (Å²) in [6, 6.07) is 7.67. The van der Waals surface area contributed by atoms with Crippen LogP contribution < -0.4 is 4.74 Å². The first-order chi connectivity index (χ1) is 19.2. The van der Waals surface area contributed by atoms with Crippen molar-refractivity contribution in [1.29, 1.82) is 0 Å². The summed E-state index contributed by atoms with van der Waals surface area (Å²) in [5.41, 5.74) is 2.16. The maximum Gasteiger partial charge on any atom is 0.314 e. The minimum atomic E-state index is -0.0566. The van der Waals surface area contributed by atoms with Crippen molar-refractivity contribution >= 4 is 5.97 Å². The molecule has 4 nitrogen and oxygen atoms in total. The molecule has 0 N–H and O–H groups in total. The van der Waals surface area contributed by atoms with Crippen LogP contribution in [0, 0.1) is 23.7 Å². The summed E-state index contributed by atoms with van der Waals surface area (Å²) in [7, 11) is 0. The molecule has 2 fully saturated rings. The van der Waals surface area contributed by atoms with Crippen LogP contribution in [0.2, 0.25) is 0 Å². The van der Waals surface area contributed by atoms with Gasteiger partial charge in [-0.1, -0.05) is 78.1 Å². The molecule has 2 aliphatic carbocycles. The average Bonchev–Trinajstić information content (AvgIpc) is 2.98. The Labute approximate surface area is 237 Å². The van der Waals surface area contributed by atoms with E-state index in [0.717, 1.165) is 48.4 Å². The van der Waals surface area contributed by atoms with E-state index in [1.54, 1.807) is 0 Å². The molecule has 2 saturated carbocycles. The molecule has 0 bridgehead atoms. The topological polar surface area (TPSA) is 52.1 Å². The van der Waals surface area contributed by atoms with Crippen molar-refractivity contribution in [3.63, 3.8) is 0 Å². The Bertz CT molecular complexity index is 955.